The molecular weight excluding hydrogens is 402 g/mol. The first-order valence-electron chi connectivity index (χ1n) is 9.16. The molecule has 1 N–H and O–H groups in total. The van der Waals surface area contributed by atoms with E-state index in [1.54, 1.807) is 29.0 Å². The Labute approximate surface area is 174 Å². The summed E-state index contributed by atoms with van der Waals surface area (Å²) in [7, 11) is 1.88. The molecule has 142 valence electrons. The van der Waals surface area contributed by atoms with Crippen LogP contribution in [0.25, 0.3) is 30.7 Å². The quantitative estimate of drug-likeness (QED) is 0.385. The van der Waals surface area contributed by atoms with E-state index in [1.807, 2.05) is 25.2 Å². The molecule has 4 heterocycles. The maximum atomic E-state index is 6.07. The molecule has 0 radical (unpaired) electrons. The third kappa shape index (κ3) is 2.66. The van der Waals surface area contributed by atoms with Crippen LogP contribution in [-0.4, -0.2) is 17.0 Å². The van der Waals surface area contributed by atoms with Crippen LogP contribution in [0.3, 0.4) is 0 Å². The van der Waals surface area contributed by atoms with Gasteiger partial charge in [-0.2, -0.15) is 0 Å². The van der Waals surface area contributed by atoms with Gasteiger partial charge in [0.25, 0.3) is 6.29 Å². The smallest absolute Gasteiger partial charge is 0.286 e. The van der Waals surface area contributed by atoms with Crippen LogP contribution in [0.2, 0.25) is 0 Å². The highest BCUT2D eigenvalue weighted by Gasteiger charge is 2.30. The maximum Gasteiger partial charge on any atom is 0.286 e. The predicted octanol–water partition coefficient (Wildman–Crippen LogP) is 6.08. The molecule has 1 atom stereocenters. The monoisotopic (exact) mass is 417 g/mol. The summed E-state index contributed by atoms with van der Waals surface area (Å²) in [6.07, 6.45) is 1.00. The fourth-order valence-corrected chi connectivity index (χ4v) is 5.74. The van der Waals surface area contributed by atoms with E-state index in [4.69, 9.17) is 9.47 Å². The van der Waals surface area contributed by atoms with Crippen molar-refractivity contribution in [1.29, 1.82) is 0 Å². The molecule has 1 unspecified atom stereocenters. The van der Waals surface area contributed by atoms with E-state index >= 15 is 0 Å². The first kappa shape index (κ1) is 16.8. The number of benzene rings is 2. The van der Waals surface area contributed by atoms with E-state index in [0.717, 1.165) is 27.3 Å². The molecule has 0 spiro atoms. The van der Waals surface area contributed by atoms with Crippen molar-refractivity contribution in [3.05, 3.63) is 65.9 Å². The number of nitrogens with zero attached hydrogens (tertiary/aromatic N) is 2. The zero-order chi connectivity index (χ0) is 19.4. The van der Waals surface area contributed by atoms with Crippen LogP contribution in [0.5, 0.6) is 11.5 Å². The van der Waals surface area contributed by atoms with Crippen molar-refractivity contribution < 1.29 is 9.47 Å². The predicted molar refractivity (Wildman–Crippen MR) is 118 cm³/mol. The van der Waals surface area contributed by atoms with Crippen LogP contribution in [0, 0.1) is 0 Å². The number of ether oxygens (including phenoxy) is 2. The van der Waals surface area contributed by atoms with E-state index in [-0.39, 0.29) is 0 Å². The SMILES string of the molecule is CNc1ccc2c(c1)OC(c1ncnc3cc(-c4csc5ccccc45)sc13)O2. The lowest BCUT2D eigenvalue weighted by Crippen LogP contribution is -2.10. The number of anilines is 1. The fourth-order valence-electron chi connectivity index (χ4n) is 3.56. The molecule has 5 aromatic rings. The zero-order valence-electron chi connectivity index (χ0n) is 15.4. The van der Waals surface area contributed by atoms with Crippen molar-refractivity contribution >= 4 is 48.7 Å². The number of hydrogen-bond donors (Lipinski definition) is 1. The normalized spacial score (nSPS) is 15.3. The highest BCUT2D eigenvalue weighted by atomic mass is 32.1. The summed E-state index contributed by atoms with van der Waals surface area (Å²) >= 11 is 3.44. The Kier molecular flexibility index (Phi) is 3.72. The summed E-state index contributed by atoms with van der Waals surface area (Å²) in [5.41, 5.74) is 3.87. The molecule has 1 aliphatic rings. The summed E-state index contributed by atoms with van der Waals surface area (Å²) in [5.74, 6) is 1.44. The van der Waals surface area contributed by atoms with Gasteiger partial charge in [-0.15, -0.1) is 22.7 Å². The minimum atomic E-state index is -0.576. The van der Waals surface area contributed by atoms with E-state index in [2.05, 4.69) is 51.0 Å². The van der Waals surface area contributed by atoms with Crippen LogP contribution >= 0.6 is 22.7 Å². The Morgan fingerprint density at radius 2 is 1.90 bits per heavy atom. The molecule has 5 nitrogen and oxygen atoms in total. The third-order valence-electron chi connectivity index (χ3n) is 5.01. The van der Waals surface area contributed by atoms with E-state index < -0.39 is 6.29 Å². The van der Waals surface area contributed by atoms with Crippen LogP contribution in [0.15, 0.2) is 60.2 Å². The standard InChI is InChI=1S/C22H15N3O2S2/c1-23-12-6-7-16-17(8-12)27-22(26-16)20-21-15(24-11-25-20)9-19(29-21)14-10-28-18-5-3-2-4-13(14)18/h2-11,22-23H,1H3. The van der Waals surface area contributed by atoms with Crippen molar-refractivity contribution in [3.8, 4) is 21.9 Å². The van der Waals surface area contributed by atoms with Crippen LogP contribution in [0.1, 0.15) is 12.0 Å². The van der Waals surface area contributed by atoms with E-state index in [0.29, 0.717) is 5.75 Å². The Hall–Kier alpha value is -3.16. The van der Waals surface area contributed by atoms with Gasteiger partial charge in [0, 0.05) is 44.7 Å². The van der Waals surface area contributed by atoms with Crippen LogP contribution in [-0.2, 0) is 0 Å². The number of fused-ring (bicyclic) bond motifs is 3. The first-order chi connectivity index (χ1) is 14.3. The molecule has 0 saturated carbocycles. The second-order valence-corrected chi connectivity index (χ2v) is 8.67. The second-order valence-electron chi connectivity index (χ2n) is 6.71. The van der Waals surface area contributed by atoms with Gasteiger partial charge in [-0.25, -0.2) is 9.97 Å². The first-order valence-corrected chi connectivity index (χ1v) is 10.9. The molecule has 0 amide bonds. The maximum absolute atomic E-state index is 6.07. The summed E-state index contributed by atoms with van der Waals surface area (Å²) in [5, 5.41) is 6.59. The molecule has 0 aliphatic carbocycles. The van der Waals surface area contributed by atoms with Gasteiger partial charge in [-0.1, -0.05) is 18.2 Å². The molecule has 6 rings (SSSR count). The Morgan fingerprint density at radius 3 is 2.83 bits per heavy atom. The lowest BCUT2D eigenvalue weighted by molar-refractivity contribution is 0.0463. The molecule has 1 aliphatic heterocycles. The Bertz CT molecular complexity index is 1380. The molecule has 0 saturated heterocycles. The number of nitrogens with one attached hydrogen (secondary N) is 1. The van der Waals surface area contributed by atoms with Gasteiger partial charge in [0.2, 0.25) is 0 Å². The highest BCUT2D eigenvalue weighted by Crippen LogP contribution is 2.45. The van der Waals surface area contributed by atoms with Crippen LogP contribution in [0.4, 0.5) is 5.69 Å². The van der Waals surface area contributed by atoms with Gasteiger partial charge in [0.15, 0.2) is 11.5 Å². The van der Waals surface area contributed by atoms with Crippen molar-refractivity contribution in [2.45, 2.75) is 6.29 Å². The molecule has 29 heavy (non-hydrogen) atoms. The minimum Gasteiger partial charge on any atom is -0.445 e. The van der Waals surface area contributed by atoms with Crippen molar-refractivity contribution in [2.75, 3.05) is 12.4 Å². The molecule has 3 aromatic heterocycles. The topological polar surface area (TPSA) is 56.3 Å². The molecule has 7 heteroatoms. The van der Waals surface area contributed by atoms with Crippen molar-refractivity contribution in [1.82, 2.24) is 9.97 Å². The van der Waals surface area contributed by atoms with Gasteiger partial charge in [0.1, 0.15) is 12.0 Å². The number of thiophene rings is 2. The number of hydrogen-bond acceptors (Lipinski definition) is 7. The lowest BCUT2D eigenvalue weighted by Gasteiger charge is -2.09. The molecule has 0 fully saturated rings. The number of aromatic nitrogens is 2. The molecule has 2 aromatic carbocycles. The molecular formula is C22H15N3O2S2. The highest BCUT2D eigenvalue weighted by molar-refractivity contribution is 7.23. The lowest BCUT2D eigenvalue weighted by atomic mass is 10.1. The van der Waals surface area contributed by atoms with Gasteiger partial charge < -0.3 is 14.8 Å². The van der Waals surface area contributed by atoms with Gasteiger partial charge in [-0.3, -0.25) is 0 Å². The molecule has 0 bridgehead atoms. The van der Waals surface area contributed by atoms with E-state index in [9.17, 15) is 0 Å². The average Bonchev–Trinajstić information content (AvgIpc) is 3.47. The summed E-state index contributed by atoms with van der Waals surface area (Å²) in [4.78, 5) is 10.2. The van der Waals surface area contributed by atoms with Crippen molar-refractivity contribution in [3.63, 3.8) is 0 Å². The van der Waals surface area contributed by atoms with Crippen molar-refractivity contribution in [2.24, 2.45) is 0 Å². The largest absolute Gasteiger partial charge is 0.445 e. The minimum absolute atomic E-state index is 0.576. The average molecular weight is 418 g/mol. The second kappa shape index (κ2) is 6.43. The van der Waals surface area contributed by atoms with Gasteiger partial charge in [0.05, 0.1) is 10.2 Å². The summed E-state index contributed by atoms with van der Waals surface area (Å²) < 4.78 is 14.4. The Balaban J connectivity index is 1.43. The van der Waals surface area contributed by atoms with E-state index in [1.165, 1.54) is 20.5 Å². The van der Waals surface area contributed by atoms with Crippen LogP contribution < -0.4 is 14.8 Å². The number of rotatable bonds is 3. The van der Waals surface area contributed by atoms with Gasteiger partial charge >= 0.3 is 0 Å². The zero-order valence-corrected chi connectivity index (χ0v) is 17.0. The fraction of sp³-hybridized carbons (Fsp3) is 0.0909. The van der Waals surface area contributed by atoms with Gasteiger partial charge in [-0.05, 0) is 24.3 Å². The summed E-state index contributed by atoms with van der Waals surface area (Å²) in [6.45, 7) is 0. The third-order valence-corrected chi connectivity index (χ3v) is 7.15. The Morgan fingerprint density at radius 1 is 1.00 bits per heavy atom. The summed E-state index contributed by atoms with van der Waals surface area (Å²) in [6, 6.07) is 16.4.